The number of amides is 2. The maximum absolute atomic E-state index is 13.4. The van der Waals surface area contributed by atoms with E-state index in [0.29, 0.717) is 19.3 Å². The maximum atomic E-state index is 13.4. The van der Waals surface area contributed by atoms with Gasteiger partial charge in [-0.1, -0.05) is 69.3 Å². The van der Waals surface area contributed by atoms with Crippen LogP contribution in [-0.2, 0) is 14.3 Å². The number of nitrogens with zero attached hydrogens (tertiary/aromatic N) is 1. The SMILES string of the molecule is CN(C(=O)C(CC(C)(C)C)NC(=O)OCC1c2ccccc2-c2ccccc21)C1(C(=O)O)CCC1. The fraction of sp³-hybridized carbons (Fsp3) is 0.464. The number of aliphatic carboxylic acids is 1. The lowest BCUT2D eigenvalue weighted by atomic mass is 9.75. The third-order valence-corrected chi connectivity index (χ3v) is 7.30. The van der Waals surface area contributed by atoms with E-state index < -0.39 is 29.6 Å². The molecule has 0 heterocycles. The van der Waals surface area contributed by atoms with Crippen LogP contribution in [0.2, 0.25) is 0 Å². The average Bonchev–Trinajstić information content (AvgIpc) is 3.08. The van der Waals surface area contributed by atoms with Gasteiger partial charge in [0.1, 0.15) is 18.2 Å². The highest BCUT2D eigenvalue weighted by Gasteiger charge is 2.51. The minimum Gasteiger partial charge on any atom is -0.479 e. The summed E-state index contributed by atoms with van der Waals surface area (Å²) in [7, 11) is 1.52. The molecule has 7 nitrogen and oxygen atoms in total. The molecule has 0 saturated heterocycles. The van der Waals surface area contributed by atoms with Gasteiger partial charge in [0, 0.05) is 13.0 Å². The molecule has 2 N–H and O–H groups in total. The lowest BCUT2D eigenvalue weighted by Gasteiger charge is -2.46. The van der Waals surface area contributed by atoms with Crippen LogP contribution in [0.4, 0.5) is 4.79 Å². The molecule has 2 aromatic carbocycles. The number of carboxylic acids is 1. The van der Waals surface area contributed by atoms with Crippen molar-refractivity contribution < 1.29 is 24.2 Å². The average molecular weight is 479 g/mol. The largest absolute Gasteiger partial charge is 0.479 e. The van der Waals surface area contributed by atoms with Crippen molar-refractivity contribution in [2.45, 2.75) is 64.0 Å². The highest BCUT2D eigenvalue weighted by molar-refractivity contribution is 5.92. The summed E-state index contributed by atoms with van der Waals surface area (Å²) in [4.78, 5) is 39.5. The molecule has 2 aliphatic carbocycles. The second kappa shape index (κ2) is 9.36. The first-order valence-electron chi connectivity index (χ1n) is 12.2. The zero-order valence-corrected chi connectivity index (χ0v) is 20.8. The Bertz CT molecular complexity index is 1090. The Kier molecular flexibility index (Phi) is 6.62. The summed E-state index contributed by atoms with van der Waals surface area (Å²) in [6, 6.07) is 15.3. The van der Waals surface area contributed by atoms with E-state index in [-0.39, 0.29) is 17.9 Å². The number of benzene rings is 2. The summed E-state index contributed by atoms with van der Waals surface area (Å²) in [5.41, 5.74) is 3.02. The second-order valence-electron chi connectivity index (χ2n) is 10.9. The number of rotatable bonds is 7. The van der Waals surface area contributed by atoms with Gasteiger partial charge in [-0.15, -0.1) is 0 Å². The molecular weight excluding hydrogens is 444 g/mol. The molecule has 0 aliphatic heterocycles. The molecule has 1 atom stereocenters. The van der Waals surface area contributed by atoms with E-state index in [1.165, 1.54) is 11.9 Å². The zero-order valence-electron chi connectivity index (χ0n) is 20.8. The fourth-order valence-electron chi connectivity index (χ4n) is 5.24. The molecule has 0 bridgehead atoms. The number of carbonyl (C=O) groups is 3. The summed E-state index contributed by atoms with van der Waals surface area (Å²) in [5.74, 6) is -1.50. The van der Waals surface area contributed by atoms with E-state index in [2.05, 4.69) is 17.4 Å². The van der Waals surface area contributed by atoms with Crippen LogP contribution in [0.15, 0.2) is 48.5 Å². The standard InChI is InChI=1S/C28H34N2O5/c1-27(2,3)16-23(24(31)30(4)28(25(32)33)14-9-15-28)29-26(34)35-17-22-20-12-7-5-10-18(20)19-11-6-8-13-21(19)22/h5-8,10-13,22-23H,9,14-17H2,1-4H3,(H,29,34)(H,32,33). The predicted octanol–water partition coefficient (Wildman–Crippen LogP) is 4.80. The Hall–Kier alpha value is -3.35. The topological polar surface area (TPSA) is 95.9 Å². The van der Waals surface area contributed by atoms with Crippen molar-refractivity contribution in [1.29, 1.82) is 0 Å². The van der Waals surface area contributed by atoms with Crippen LogP contribution in [0.25, 0.3) is 11.1 Å². The van der Waals surface area contributed by atoms with E-state index in [9.17, 15) is 19.5 Å². The predicted molar refractivity (Wildman–Crippen MR) is 133 cm³/mol. The Morgan fingerprint density at radius 1 is 1.06 bits per heavy atom. The molecule has 0 spiro atoms. The number of nitrogens with one attached hydrogen (secondary N) is 1. The number of carboxylic acid groups (broad SMARTS) is 1. The lowest BCUT2D eigenvalue weighted by molar-refractivity contribution is -0.165. The number of fused-ring (bicyclic) bond motifs is 3. The minimum absolute atomic E-state index is 0.0853. The van der Waals surface area contributed by atoms with Crippen LogP contribution < -0.4 is 5.32 Å². The van der Waals surface area contributed by atoms with Gasteiger partial charge in [-0.2, -0.15) is 0 Å². The molecule has 0 radical (unpaired) electrons. The minimum atomic E-state index is -1.20. The molecule has 7 heteroatoms. The fourth-order valence-corrected chi connectivity index (χ4v) is 5.24. The first-order chi connectivity index (χ1) is 16.5. The molecule has 1 saturated carbocycles. The molecule has 4 rings (SSSR count). The Balaban J connectivity index is 1.47. The van der Waals surface area contributed by atoms with E-state index in [1.54, 1.807) is 0 Å². The van der Waals surface area contributed by atoms with Crippen molar-refractivity contribution in [3.8, 4) is 11.1 Å². The molecule has 0 aromatic heterocycles. The third-order valence-electron chi connectivity index (χ3n) is 7.30. The van der Waals surface area contributed by atoms with Gasteiger partial charge < -0.3 is 20.1 Å². The highest BCUT2D eigenvalue weighted by atomic mass is 16.5. The number of hydrogen-bond donors (Lipinski definition) is 2. The molecule has 1 unspecified atom stereocenters. The normalized spacial score (nSPS) is 16.9. The van der Waals surface area contributed by atoms with Crippen molar-refractivity contribution in [3.63, 3.8) is 0 Å². The van der Waals surface area contributed by atoms with Crippen LogP contribution in [0.5, 0.6) is 0 Å². The highest BCUT2D eigenvalue weighted by Crippen LogP contribution is 2.44. The summed E-state index contributed by atoms with van der Waals surface area (Å²) in [5, 5.41) is 12.5. The first-order valence-corrected chi connectivity index (χ1v) is 12.2. The quantitative estimate of drug-likeness (QED) is 0.596. The smallest absolute Gasteiger partial charge is 0.407 e. The molecule has 1 fully saturated rings. The van der Waals surface area contributed by atoms with Crippen LogP contribution in [-0.4, -0.2) is 53.2 Å². The number of hydrogen-bond acceptors (Lipinski definition) is 4. The van der Waals surface area contributed by atoms with Crippen LogP contribution in [0.3, 0.4) is 0 Å². The molecule has 2 aromatic rings. The molecular formula is C28H34N2O5. The van der Waals surface area contributed by atoms with Crippen molar-refractivity contribution in [3.05, 3.63) is 59.7 Å². The number of likely N-dealkylation sites (N-methyl/N-ethyl adjacent to an activating group) is 1. The third kappa shape index (κ3) is 4.77. The van der Waals surface area contributed by atoms with Gasteiger partial charge in [-0.3, -0.25) is 4.79 Å². The maximum Gasteiger partial charge on any atom is 0.407 e. The van der Waals surface area contributed by atoms with Gasteiger partial charge in [-0.25, -0.2) is 9.59 Å². The van der Waals surface area contributed by atoms with E-state index in [0.717, 1.165) is 28.7 Å². The Morgan fingerprint density at radius 3 is 2.06 bits per heavy atom. The summed E-state index contributed by atoms with van der Waals surface area (Å²) in [6.45, 7) is 6.07. The van der Waals surface area contributed by atoms with Crippen molar-refractivity contribution in [2.75, 3.05) is 13.7 Å². The van der Waals surface area contributed by atoms with Gasteiger partial charge in [0.25, 0.3) is 0 Å². The molecule has 35 heavy (non-hydrogen) atoms. The monoisotopic (exact) mass is 478 g/mol. The summed E-state index contributed by atoms with van der Waals surface area (Å²) >= 11 is 0. The van der Waals surface area contributed by atoms with Gasteiger partial charge >= 0.3 is 12.1 Å². The Labute approximate surface area is 206 Å². The zero-order chi connectivity index (χ0) is 25.4. The van der Waals surface area contributed by atoms with Gasteiger partial charge in [0.05, 0.1) is 0 Å². The van der Waals surface area contributed by atoms with Gasteiger partial charge in [0.15, 0.2) is 0 Å². The molecule has 2 amide bonds. The van der Waals surface area contributed by atoms with Crippen molar-refractivity contribution in [2.24, 2.45) is 5.41 Å². The van der Waals surface area contributed by atoms with Crippen LogP contribution in [0.1, 0.15) is 63.5 Å². The number of carbonyl (C=O) groups excluding carboxylic acids is 2. The van der Waals surface area contributed by atoms with Crippen molar-refractivity contribution in [1.82, 2.24) is 10.2 Å². The second-order valence-corrected chi connectivity index (χ2v) is 10.9. The van der Waals surface area contributed by atoms with Gasteiger partial charge in [0.2, 0.25) is 5.91 Å². The van der Waals surface area contributed by atoms with E-state index in [4.69, 9.17) is 4.74 Å². The summed E-state index contributed by atoms with van der Waals surface area (Å²) in [6.07, 6.45) is 1.26. The van der Waals surface area contributed by atoms with Gasteiger partial charge in [-0.05, 0) is 53.4 Å². The van der Waals surface area contributed by atoms with Crippen molar-refractivity contribution >= 4 is 18.0 Å². The first kappa shape index (κ1) is 24.8. The number of ether oxygens (including phenoxy) is 1. The lowest BCUT2D eigenvalue weighted by Crippen LogP contribution is -2.63. The number of alkyl carbamates (subject to hydrolysis) is 1. The van der Waals surface area contributed by atoms with E-state index >= 15 is 0 Å². The molecule has 186 valence electrons. The molecule has 2 aliphatic rings. The van der Waals surface area contributed by atoms with Crippen LogP contribution in [0, 0.1) is 5.41 Å². The van der Waals surface area contributed by atoms with Crippen LogP contribution >= 0.6 is 0 Å². The Morgan fingerprint density at radius 2 is 1.60 bits per heavy atom. The van der Waals surface area contributed by atoms with E-state index in [1.807, 2.05) is 57.2 Å². The summed E-state index contributed by atoms with van der Waals surface area (Å²) < 4.78 is 5.65.